The zero-order chi connectivity index (χ0) is 14.3. The van der Waals surface area contributed by atoms with Gasteiger partial charge in [0, 0.05) is 31.4 Å². The summed E-state index contributed by atoms with van der Waals surface area (Å²) in [7, 11) is 0. The Kier molecular flexibility index (Phi) is 5.80. The van der Waals surface area contributed by atoms with Gasteiger partial charge in [-0.1, -0.05) is 0 Å². The zero-order valence-electron chi connectivity index (χ0n) is 10.7. The summed E-state index contributed by atoms with van der Waals surface area (Å²) in [5.74, 6) is -1.12. The van der Waals surface area contributed by atoms with E-state index in [1.807, 2.05) is 0 Å². The first-order valence-electron chi connectivity index (χ1n) is 5.94. The second kappa shape index (κ2) is 7.37. The van der Waals surface area contributed by atoms with Gasteiger partial charge in [0.1, 0.15) is 6.04 Å². The first kappa shape index (κ1) is 15.0. The lowest BCUT2D eigenvalue weighted by Gasteiger charge is -2.22. The molecule has 8 nitrogen and oxygen atoms in total. The number of carbonyl (C=O) groups excluding carboxylic acids is 1. The number of nitrogens with zero attached hydrogens (tertiary/aromatic N) is 2. The monoisotopic (exact) mass is 270 g/mol. The number of aliphatic carboxylic acids is 1. The van der Waals surface area contributed by atoms with Crippen LogP contribution >= 0.6 is 0 Å². The predicted molar refractivity (Wildman–Crippen MR) is 66.6 cm³/mol. The van der Waals surface area contributed by atoms with Gasteiger partial charge in [-0.2, -0.15) is 0 Å². The van der Waals surface area contributed by atoms with E-state index in [2.05, 4.69) is 15.3 Å². The van der Waals surface area contributed by atoms with Gasteiger partial charge in [0.25, 0.3) is 0 Å². The predicted octanol–water partition coefficient (Wildman–Crippen LogP) is -0.571. The Bertz CT molecular complexity index is 407. The highest BCUT2D eigenvalue weighted by Crippen LogP contribution is 2.00. The summed E-state index contributed by atoms with van der Waals surface area (Å²) in [4.78, 5) is 30.8. The Morgan fingerprint density at radius 1 is 1.58 bits per heavy atom. The summed E-state index contributed by atoms with van der Waals surface area (Å²) in [5, 5.41) is 20.3. The van der Waals surface area contributed by atoms with E-state index < -0.39 is 18.0 Å². The molecule has 0 spiro atoms. The molecular formula is C11H18N4O4. The number of hydrogen-bond donors (Lipinski definition) is 4. The largest absolute Gasteiger partial charge is 0.480 e. The smallest absolute Gasteiger partial charge is 0.326 e. The quantitative estimate of drug-likeness (QED) is 0.529. The maximum Gasteiger partial charge on any atom is 0.326 e. The van der Waals surface area contributed by atoms with Crippen molar-refractivity contribution in [2.24, 2.45) is 0 Å². The number of hydrogen-bond acceptors (Lipinski definition) is 4. The molecular weight excluding hydrogens is 252 g/mol. The van der Waals surface area contributed by atoms with Crippen LogP contribution in [0.15, 0.2) is 12.5 Å². The van der Waals surface area contributed by atoms with E-state index in [0.717, 1.165) is 0 Å². The fraction of sp³-hybridized carbons (Fsp3) is 0.545. The molecule has 0 aliphatic heterocycles. The first-order chi connectivity index (χ1) is 9.08. The van der Waals surface area contributed by atoms with E-state index >= 15 is 0 Å². The fourth-order valence-corrected chi connectivity index (χ4v) is 1.58. The van der Waals surface area contributed by atoms with E-state index in [-0.39, 0.29) is 19.6 Å². The number of aliphatic hydroxyl groups excluding tert-OH is 1. The number of amides is 2. The molecule has 0 radical (unpaired) electrons. The van der Waals surface area contributed by atoms with Crippen molar-refractivity contribution in [2.75, 3.05) is 19.7 Å². The van der Waals surface area contributed by atoms with E-state index in [1.54, 1.807) is 6.92 Å². The van der Waals surface area contributed by atoms with Crippen LogP contribution in [0.25, 0.3) is 0 Å². The minimum atomic E-state index is -1.12. The minimum absolute atomic E-state index is 0.123. The highest BCUT2D eigenvalue weighted by atomic mass is 16.4. The van der Waals surface area contributed by atoms with Crippen molar-refractivity contribution in [1.82, 2.24) is 20.2 Å². The lowest BCUT2D eigenvalue weighted by molar-refractivity contribution is -0.139. The van der Waals surface area contributed by atoms with E-state index in [4.69, 9.17) is 10.2 Å². The molecule has 1 aromatic rings. The number of aromatic nitrogens is 2. The maximum atomic E-state index is 11.8. The number of carbonyl (C=O) groups is 2. The van der Waals surface area contributed by atoms with E-state index in [9.17, 15) is 9.59 Å². The molecule has 1 aromatic heterocycles. The molecule has 0 fully saturated rings. The van der Waals surface area contributed by atoms with E-state index in [0.29, 0.717) is 12.2 Å². The fourth-order valence-electron chi connectivity index (χ4n) is 1.58. The molecule has 1 heterocycles. The normalized spacial score (nSPS) is 11.9. The Balaban J connectivity index is 2.62. The Morgan fingerprint density at radius 2 is 2.32 bits per heavy atom. The van der Waals surface area contributed by atoms with Crippen molar-refractivity contribution in [1.29, 1.82) is 0 Å². The lowest BCUT2D eigenvalue weighted by Crippen LogP contribution is -2.49. The number of aliphatic hydroxyl groups is 1. The molecule has 1 rings (SSSR count). The van der Waals surface area contributed by atoms with Crippen LogP contribution in [0, 0.1) is 0 Å². The number of imidazole rings is 1. The molecule has 2 amide bonds. The highest BCUT2D eigenvalue weighted by molar-refractivity contribution is 5.82. The number of aromatic amines is 1. The molecule has 0 saturated heterocycles. The molecule has 0 unspecified atom stereocenters. The summed E-state index contributed by atoms with van der Waals surface area (Å²) < 4.78 is 0. The van der Waals surface area contributed by atoms with Crippen molar-refractivity contribution in [3.05, 3.63) is 18.2 Å². The average molecular weight is 270 g/mol. The number of rotatable bonds is 7. The summed E-state index contributed by atoms with van der Waals surface area (Å²) in [6.07, 6.45) is 3.07. The summed E-state index contributed by atoms with van der Waals surface area (Å²) in [5.41, 5.74) is 0.623. The molecule has 0 bridgehead atoms. The molecule has 0 saturated carbocycles. The summed E-state index contributed by atoms with van der Waals surface area (Å²) in [6.45, 7) is 2.14. The third-order valence-electron chi connectivity index (χ3n) is 2.61. The van der Waals surface area contributed by atoms with Gasteiger partial charge in [-0.3, -0.25) is 0 Å². The molecule has 1 atom stereocenters. The van der Waals surface area contributed by atoms with Gasteiger partial charge in [0.2, 0.25) is 0 Å². The molecule has 0 aromatic carbocycles. The zero-order valence-corrected chi connectivity index (χ0v) is 10.7. The minimum Gasteiger partial charge on any atom is -0.480 e. The number of urea groups is 1. The number of likely N-dealkylation sites (N-methyl/N-ethyl adjacent to an activating group) is 1. The number of carboxylic acids is 1. The molecule has 8 heteroatoms. The summed E-state index contributed by atoms with van der Waals surface area (Å²) in [6, 6.07) is -1.55. The third-order valence-corrected chi connectivity index (χ3v) is 2.61. The van der Waals surface area contributed by atoms with Crippen molar-refractivity contribution < 1.29 is 19.8 Å². The third kappa shape index (κ3) is 4.59. The van der Waals surface area contributed by atoms with Crippen LogP contribution in [0.4, 0.5) is 4.79 Å². The van der Waals surface area contributed by atoms with Crippen molar-refractivity contribution in [3.8, 4) is 0 Å². The van der Waals surface area contributed by atoms with Crippen LogP contribution in [-0.4, -0.2) is 62.8 Å². The van der Waals surface area contributed by atoms with E-state index in [1.165, 1.54) is 17.4 Å². The van der Waals surface area contributed by atoms with Crippen LogP contribution in [-0.2, 0) is 11.2 Å². The van der Waals surface area contributed by atoms with Gasteiger partial charge in [0.05, 0.1) is 12.9 Å². The summed E-state index contributed by atoms with van der Waals surface area (Å²) >= 11 is 0. The number of H-pyrrole nitrogens is 1. The molecule has 0 aliphatic rings. The van der Waals surface area contributed by atoms with Gasteiger partial charge >= 0.3 is 12.0 Å². The van der Waals surface area contributed by atoms with Crippen molar-refractivity contribution in [3.63, 3.8) is 0 Å². The maximum absolute atomic E-state index is 11.8. The van der Waals surface area contributed by atoms with Gasteiger partial charge in [-0.05, 0) is 6.92 Å². The van der Waals surface area contributed by atoms with Crippen LogP contribution in [0.5, 0.6) is 0 Å². The number of carboxylic acid groups (broad SMARTS) is 1. The average Bonchev–Trinajstić information content (AvgIpc) is 2.87. The first-order valence-corrected chi connectivity index (χ1v) is 5.94. The Morgan fingerprint density at radius 3 is 2.79 bits per heavy atom. The topological polar surface area (TPSA) is 119 Å². The van der Waals surface area contributed by atoms with Gasteiger partial charge in [-0.15, -0.1) is 0 Å². The van der Waals surface area contributed by atoms with Crippen LogP contribution in [0.3, 0.4) is 0 Å². The SMILES string of the molecule is CCN(CCO)C(=O)N[C@H](Cc1cnc[nH]1)C(=O)O. The molecule has 0 aliphatic carbocycles. The lowest BCUT2D eigenvalue weighted by atomic mass is 10.1. The van der Waals surface area contributed by atoms with Crippen molar-refractivity contribution in [2.45, 2.75) is 19.4 Å². The van der Waals surface area contributed by atoms with Crippen LogP contribution in [0.2, 0.25) is 0 Å². The Labute approximate surface area is 110 Å². The molecule has 4 N–H and O–H groups in total. The molecule has 106 valence electrons. The van der Waals surface area contributed by atoms with Crippen LogP contribution in [0.1, 0.15) is 12.6 Å². The molecule has 19 heavy (non-hydrogen) atoms. The van der Waals surface area contributed by atoms with Gasteiger partial charge in [0.15, 0.2) is 0 Å². The number of nitrogens with one attached hydrogen (secondary N) is 2. The second-order valence-electron chi connectivity index (χ2n) is 3.92. The standard InChI is InChI=1S/C11H18N4O4/c1-2-15(3-4-16)11(19)14-9(10(17)18)5-8-6-12-7-13-8/h6-7,9,16H,2-5H2,1H3,(H,12,13)(H,14,19)(H,17,18)/t9-/m1/s1. The Hall–Kier alpha value is -2.09. The van der Waals surface area contributed by atoms with Gasteiger partial charge < -0.3 is 25.4 Å². The van der Waals surface area contributed by atoms with Gasteiger partial charge in [-0.25, -0.2) is 14.6 Å². The van der Waals surface area contributed by atoms with Crippen LogP contribution < -0.4 is 5.32 Å². The highest BCUT2D eigenvalue weighted by Gasteiger charge is 2.23. The van der Waals surface area contributed by atoms with Crippen molar-refractivity contribution >= 4 is 12.0 Å². The second-order valence-corrected chi connectivity index (χ2v) is 3.92.